The summed E-state index contributed by atoms with van der Waals surface area (Å²) in [5.41, 5.74) is 1.78. The Morgan fingerprint density at radius 2 is 2.17 bits per heavy atom. The molecular weight excluding hydrogens is 150 g/mol. The van der Waals surface area contributed by atoms with Crippen LogP contribution in [0.2, 0.25) is 0 Å². The Morgan fingerprint density at radius 1 is 1.25 bits per heavy atom. The second kappa shape index (κ2) is 2.85. The third-order valence-corrected chi connectivity index (χ3v) is 1.72. The Kier molecular flexibility index (Phi) is 1.70. The first-order chi connectivity index (χ1) is 5.90. The number of hydrogen-bond donors (Lipinski definition) is 0. The zero-order valence-corrected chi connectivity index (χ0v) is 6.86. The van der Waals surface area contributed by atoms with Crippen molar-refractivity contribution in [2.24, 2.45) is 0 Å². The molecule has 0 amide bonds. The number of rotatable bonds is 1. The molecule has 0 N–H and O–H groups in total. The highest BCUT2D eigenvalue weighted by Gasteiger charge is 1.96. The van der Waals surface area contributed by atoms with Crippen LogP contribution >= 0.6 is 0 Å². The molecule has 2 aromatic rings. The molecule has 0 radical (unpaired) electrons. The summed E-state index contributed by atoms with van der Waals surface area (Å²) >= 11 is 0. The van der Waals surface area contributed by atoms with Gasteiger partial charge in [-0.25, -0.2) is 9.97 Å². The zero-order valence-electron chi connectivity index (χ0n) is 6.86. The van der Waals surface area contributed by atoms with Crippen molar-refractivity contribution in [1.82, 2.24) is 15.0 Å². The van der Waals surface area contributed by atoms with Crippen molar-refractivity contribution in [3.63, 3.8) is 0 Å². The largest absolute Gasteiger partial charge is 0.253 e. The summed E-state index contributed by atoms with van der Waals surface area (Å²) in [6, 6.07) is 3.83. The standard InChI is InChI=1S/C9H9N3/c1-2-9-11-6-8-7(12-9)4-3-5-10-8/h3-6H,2H2,1H3. The van der Waals surface area contributed by atoms with Crippen LogP contribution in [0.5, 0.6) is 0 Å². The van der Waals surface area contributed by atoms with Crippen LogP contribution in [-0.4, -0.2) is 15.0 Å². The molecule has 2 heterocycles. The number of aryl methyl sites for hydroxylation is 1. The van der Waals surface area contributed by atoms with Gasteiger partial charge in [-0.2, -0.15) is 0 Å². The Morgan fingerprint density at radius 3 is 3.00 bits per heavy atom. The SMILES string of the molecule is CCc1ncc2ncccc2n1. The van der Waals surface area contributed by atoms with E-state index in [2.05, 4.69) is 15.0 Å². The highest BCUT2D eigenvalue weighted by Crippen LogP contribution is 2.05. The molecule has 0 aliphatic rings. The van der Waals surface area contributed by atoms with E-state index in [1.807, 2.05) is 19.1 Å². The lowest BCUT2D eigenvalue weighted by Crippen LogP contribution is -1.92. The lowest BCUT2D eigenvalue weighted by atomic mass is 10.3. The van der Waals surface area contributed by atoms with E-state index < -0.39 is 0 Å². The average molecular weight is 159 g/mol. The van der Waals surface area contributed by atoms with Crippen LogP contribution < -0.4 is 0 Å². The molecule has 3 heteroatoms. The van der Waals surface area contributed by atoms with Crippen LogP contribution in [0.15, 0.2) is 24.5 Å². The van der Waals surface area contributed by atoms with Crippen LogP contribution in [0.1, 0.15) is 12.7 Å². The highest BCUT2D eigenvalue weighted by atomic mass is 14.9. The molecule has 2 aromatic heterocycles. The number of aromatic nitrogens is 3. The second-order valence-electron chi connectivity index (χ2n) is 2.55. The van der Waals surface area contributed by atoms with E-state index in [0.717, 1.165) is 23.3 Å². The van der Waals surface area contributed by atoms with Crippen LogP contribution in [0.25, 0.3) is 11.0 Å². The first kappa shape index (κ1) is 7.16. The minimum Gasteiger partial charge on any atom is -0.253 e. The summed E-state index contributed by atoms with van der Waals surface area (Å²) in [5.74, 6) is 0.871. The monoisotopic (exact) mass is 159 g/mol. The number of fused-ring (bicyclic) bond motifs is 1. The quantitative estimate of drug-likeness (QED) is 0.634. The van der Waals surface area contributed by atoms with E-state index in [4.69, 9.17) is 0 Å². The topological polar surface area (TPSA) is 38.7 Å². The molecule has 2 rings (SSSR count). The summed E-state index contributed by atoms with van der Waals surface area (Å²) in [6.45, 7) is 2.04. The van der Waals surface area contributed by atoms with Gasteiger partial charge in [0.15, 0.2) is 0 Å². The van der Waals surface area contributed by atoms with E-state index in [0.29, 0.717) is 0 Å². The molecule has 0 aliphatic carbocycles. The van der Waals surface area contributed by atoms with Gasteiger partial charge in [-0.05, 0) is 12.1 Å². The fourth-order valence-corrected chi connectivity index (χ4v) is 1.08. The van der Waals surface area contributed by atoms with E-state index in [-0.39, 0.29) is 0 Å². The molecule has 0 atom stereocenters. The van der Waals surface area contributed by atoms with Gasteiger partial charge in [0.05, 0.1) is 11.7 Å². The first-order valence-corrected chi connectivity index (χ1v) is 3.97. The number of pyridine rings is 1. The van der Waals surface area contributed by atoms with Crippen LogP contribution in [0.3, 0.4) is 0 Å². The molecule has 12 heavy (non-hydrogen) atoms. The Balaban J connectivity index is 2.67. The Bertz CT molecular complexity index is 398. The highest BCUT2D eigenvalue weighted by molar-refractivity contribution is 5.72. The van der Waals surface area contributed by atoms with E-state index >= 15 is 0 Å². The van der Waals surface area contributed by atoms with Crippen molar-refractivity contribution < 1.29 is 0 Å². The van der Waals surface area contributed by atoms with Crippen LogP contribution in [0.4, 0.5) is 0 Å². The van der Waals surface area contributed by atoms with Crippen molar-refractivity contribution >= 4 is 11.0 Å². The van der Waals surface area contributed by atoms with Crippen molar-refractivity contribution in [2.75, 3.05) is 0 Å². The smallest absolute Gasteiger partial charge is 0.128 e. The number of nitrogens with zero attached hydrogens (tertiary/aromatic N) is 3. The molecule has 60 valence electrons. The third kappa shape index (κ3) is 1.13. The van der Waals surface area contributed by atoms with Gasteiger partial charge < -0.3 is 0 Å². The van der Waals surface area contributed by atoms with Gasteiger partial charge in [0.25, 0.3) is 0 Å². The second-order valence-corrected chi connectivity index (χ2v) is 2.55. The maximum atomic E-state index is 4.32. The van der Waals surface area contributed by atoms with Gasteiger partial charge in [-0.3, -0.25) is 4.98 Å². The molecular formula is C9H9N3. The summed E-state index contributed by atoms with van der Waals surface area (Å²) in [5, 5.41) is 0. The molecule has 0 fully saturated rings. The molecule has 0 aromatic carbocycles. The average Bonchev–Trinajstić information content (AvgIpc) is 2.17. The first-order valence-electron chi connectivity index (χ1n) is 3.97. The van der Waals surface area contributed by atoms with Crippen molar-refractivity contribution in [2.45, 2.75) is 13.3 Å². The summed E-state index contributed by atoms with van der Waals surface area (Å²) < 4.78 is 0. The van der Waals surface area contributed by atoms with Gasteiger partial charge >= 0.3 is 0 Å². The normalized spacial score (nSPS) is 10.4. The van der Waals surface area contributed by atoms with Gasteiger partial charge in [0.1, 0.15) is 11.3 Å². The number of hydrogen-bond acceptors (Lipinski definition) is 3. The maximum absolute atomic E-state index is 4.32. The molecule has 0 aliphatic heterocycles. The van der Waals surface area contributed by atoms with E-state index in [9.17, 15) is 0 Å². The maximum Gasteiger partial charge on any atom is 0.128 e. The third-order valence-electron chi connectivity index (χ3n) is 1.72. The van der Waals surface area contributed by atoms with Gasteiger partial charge in [0.2, 0.25) is 0 Å². The van der Waals surface area contributed by atoms with Gasteiger partial charge in [-0.1, -0.05) is 6.92 Å². The summed E-state index contributed by atoms with van der Waals surface area (Å²) in [7, 11) is 0. The lowest BCUT2D eigenvalue weighted by Gasteiger charge is -1.96. The lowest BCUT2D eigenvalue weighted by molar-refractivity contribution is 0.957. The fourth-order valence-electron chi connectivity index (χ4n) is 1.08. The fraction of sp³-hybridized carbons (Fsp3) is 0.222. The Labute approximate surface area is 70.5 Å². The Hall–Kier alpha value is -1.51. The minimum atomic E-state index is 0.856. The zero-order chi connectivity index (χ0) is 8.39. The molecule has 0 unspecified atom stereocenters. The van der Waals surface area contributed by atoms with Crippen LogP contribution in [0, 0.1) is 0 Å². The molecule has 3 nitrogen and oxygen atoms in total. The van der Waals surface area contributed by atoms with E-state index in [1.54, 1.807) is 12.4 Å². The van der Waals surface area contributed by atoms with Crippen molar-refractivity contribution in [1.29, 1.82) is 0 Å². The summed E-state index contributed by atoms with van der Waals surface area (Å²) in [6.07, 6.45) is 4.38. The molecule has 0 spiro atoms. The minimum absolute atomic E-state index is 0.856. The van der Waals surface area contributed by atoms with E-state index in [1.165, 1.54) is 0 Å². The molecule has 0 saturated heterocycles. The summed E-state index contributed by atoms with van der Waals surface area (Å²) in [4.78, 5) is 12.6. The predicted molar refractivity (Wildman–Crippen MR) is 46.7 cm³/mol. The van der Waals surface area contributed by atoms with Crippen LogP contribution in [-0.2, 0) is 6.42 Å². The van der Waals surface area contributed by atoms with Crippen molar-refractivity contribution in [3.8, 4) is 0 Å². The molecule has 0 bridgehead atoms. The van der Waals surface area contributed by atoms with Gasteiger partial charge in [0, 0.05) is 12.6 Å². The predicted octanol–water partition coefficient (Wildman–Crippen LogP) is 1.59. The van der Waals surface area contributed by atoms with Gasteiger partial charge in [-0.15, -0.1) is 0 Å². The van der Waals surface area contributed by atoms with Crippen molar-refractivity contribution in [3.05, 3.63) is 30.4 Å². The molecule has 0 saturated carbocycles.